The van der Waals surface area contributed by atoms with Gasteiger partial charge in [-0.3, -0.25) is 0 Å². The number of hydrogen-bond donors (Lipinski definition) is 2. The summed E-state index contributed by atoms with van der Waals surface area (Å²) in [4.78, 5) is 6.05. The molecule has 1 fully saturated rings. The van der Waals surface area contributed by atoms with Crippen molar-refractivity contribution in [3.05, 3.63) is 34.0 Å². The molecule has 0 amide bonds. The van der Waals surface area contributed by atoms with Crippen LogP contribution in [0.5, 0.6) is 0 Å². The molecule has 0 aliphatic heterocycles. The molecule has 2 aromatic rings. The molecule has 0 radical (unpaired) electrons. The maximum Gasteiger partial charge on any atom is 0.191 e. The number of nitrogens with zero attached hydrogens (tertiary/aromatic N) is 4. The van der Waals surface area contributed by atoms with E-state index in [4.69, 9.17) is 0 Å². The van der Waals surface area contributed by atoms with Gasteiger partial charge in [-0.25, -0.2) is 4.99 Å². The van der Waals surface area contributed by atoms with E-state index in [1.807, 2.05) is 18.5 Å². The van der Waals surface area contributed by atoms with Gasteiger partial charge in [-0.2, -0.15) is 0 Å². The fraction of sp³-hybridized carbons (Fsp3) is 0.562. The van der Waals surface area contributed by atoms with Crippen LogP contribution in [0, 0.1) is 12.8 Å². The largest absolute Gasteiger partial charge is 0.356 e. The molecule has 1 aliphatic carbocycles. The Morgan fingerprint density at radius 3 is 2.83 bits per heavy atom. The van der Waals surface area contributed by atoms with Crippen molar-refractivity contribution in [2.24, 2.45) is 18.0 Å². The standard InChI is InChI=1S/C16H24N6S.HI/c1-12-20-21-15(22(12)2)11-19-16(18-10-13-5-6-13)17-8-7-14-4-3-9-23-14;/h3-4,9,13H,5-8,10-11H2,1-2H3,(H2,17,18,19);1H. The van der Waals surface area contributed by atoms with Gasteiger partial charge in [-0.05, 0) is 43.6 Å². The Morgan fingerprint density at radius 2 is 2.21 bits per heavy atom. The second-order valence-electron chi connectivity index (χ2n) is 5.97. The Morgan fingerprint density at radius 1 is 1.38 bits per heavy atom. The van der Waals surface area contributed by atoms with Gasteiger partial charge in [0.05, 0.1) is 0 Å². The SMILES string of the molecule is Cc1nnc(CN=C(NCCc2cccs2)NCC2CC2)n1C.I. The first-order valence-corrected chi connectivity index (χ1v) is 9.00. The van der Waals surface area contributed by atoms with Crippen LogP contribution in [0.25, 0.3) is 0 Å². The van der Waals surface area contributed by atoms with Gasteiger partial charge < -0.3 is 15.2 Å². The van der Waals surface area contributed by atoms with Gasteiger partial charge in [0.2, 0.25) is 0 Å². The molecule has 2 N–H and O–H groups in total. The van der Waals surface area contributed by atoms with Crippen molar-refractivity contribution in [2.45, 2.75) is 32.7 Å². The lowest BCUT2D eigenvalue weighted by Gasteiger charge is -2.12. The van der Waals surface area contributed by atoms with Crippen LogP contribution in [-0.2, 0) is 20.0 Å². The lowest BCUT2D eigenvalue weighted by Crippen LogP contribution is -2.39. The minimum atomic E-state index is 0. The smallest absolute Gasteiger partial charge is 0.191 e. The molecule has 3 rings (SSSR count). The fourth-order valence-corrected chi connectivity index (χ4v) is 2.94. The number of hydrogen-bond acceptors (Lipinski definition) is 4. The molecule has 0 bridgehead atoms. The first kappa shape index (κ1) is 19.2. The van der Waals surface area contributed by atoms with E-state index in [2.05, 4.69) is 43.3 Å². The second-order valence-corrected chi connectivity index (χ2v) is 7.00. The van der Waals surface area contributed by atoms with Gasteiger partial charge >= 0.3 is 0 Å². The summed E-state index contributed by atoms with van der Waals surface area (Å²) in [7, 11) is 1.97. The highest BCUT2D eigenvalue weighted by atomic mass is 127. The molecule has 2 heterocycles. The van der Waals surface area contributed by atoms with E-state index in [0.29, 0.717) is 6.54 Å². The van der Waals surface area contributed by atoms with Gasteiger partial charge in [0.15, 0.2) is 11.8 Å². The molecular formula is C16H25IN6S. The summed E-state index contributed by atoms with van der Waals surface area (Å²) in [6.07, 6.45) is 3.68. The molecule has 0 aromatic carbocycles. The highest BCUT2D eigenvalue weighted by Gasteiger charge is 2.21. The van der Waals surface area contributed by atoms with E-state index < -0.39 is 0 Å². The van der Waals surface area contributed by atoms with Crippen LogP contribution < -0.4 is 10.6 Å². The van der Waals surface area contributed by atoms with E-state index in [9.17, 15) is 0 Å². The van der Waals surface area contributed by atoms with Gasteiger partial charge in [-0.15, -0.1) is 45.5 Å². The van der Waals surface area contributed by atoms with Crippen LogP contribution >= 0.6 is 35.3 Å². The number of aliphatic imine (C=N–C) groups is 1. The minimum Gasteiger partial charge on any atom is -0.356 e. The van der Waals surface area contributed by atoms with Crippen molar-refractivity contribution < 1.29 is 0 Å². The predicted molar refractivity (Wildman–Crippen MR) is 109 cm³/mol. The van der Waals surface area contributed by atoms with Crippen molar-refractivity contribution in [1.82, 2.24) is 25.4 Å². The van der Waals surface area contributed by atoms with E-state index in [0.717, 1.165) is 43.0 Å². The van der Waals surface area contributed by atoms with Crippen molar-refractivity contribution in [3.8, 4) is 0 Å². The van der Waals surface area contributed by atoms with Crippen molar-refractivity contribution in [3.63, 3.8) is 0 Å². The van der Waals surface area contributed by atoms with Crippen LogP contribution in [0.1, 0.15) is 29.4 Å². The molecule has 8 heteroatoms. The molecule has 0 spiro atoms. The number of nitrogens with one attached hydrogen (secondary N) is 2. The monoisotopic (exact) mass is 460 g/mol. The topological polar surface area (TPSA) is 67.1 Å². The lowest BCUT2D eigenvalue weighted by atomic mass is 10.3. The maximum absolute atomic E-state index is 4.66. The fourth-order valence-electron chi connectivity index (χ4n) is 2.23. The lowest BCUT2D eigenvalue weighted by molar-refractivity contribution is 0.719. The third-order valence-corrected chi connectivity index (χ3v) is 5.00. The molecule has 1 saturated carbocycles. The zero-order valence-electron chi connectivity index (χ0n) is 14.2. The molecule has 24 heavy (non-hydrogen) atoms. The summed E-state index contributed by atoms with van der Waals surface area (Å²) in [5.74, 6) is 3.48. The Labute approximate surface area is 164 Å². The van der Waals surface area contributed by atoms with E-state index in [1.54, 1.807) is 11.3 Å². The zero-order chi connectivity index (χ0) is 16.1. The number of aryl methyl sites for hydroxylation is 1. The first-order chi connectivity index (χ1) is 11.2. The Balaban J connectivity index is 0.00000208. The summed E-state index contributed by atoms with van der Waals surface area (Å²) in [5, 5.41) is 17.2. The van der Waals surface area contributed by atoms with Crippen molar-refractivity contribution in [2.75, 3.05) is 13.1 Å². The average molecular weight is 460 g/mol. The molecule has 132 valence electrons. The summed E-state index contributed by atoms with van der Waals surface area (Å²) in [5.41, 5.74) is 0. The molecule has 0 atom stereocenters. The second kappa shape index (κ2) is 9.36. The highest BCUT2D eigenvalue weighted by Crippen LogP contribution is 2.27. The Hall–Kier alpha value is -1.16. The number of halogens is 1. The summed E-state index contributed by atoms with van der Waals surface area (Å²) in [6, 6.07) is 4.26. The molecule has 6 nitrogen and oxygen atoms in total. The van der Waals surface area contributed by atoms with Crippen LogP contribution in [0.4, 0.5) is 0 Å². The van der Waals surface area contributed by atoms with E-state index in [-0.39, 0.29) is 24.0 Å². The number of aromatic nitrogens is 3. The van der Waals surface area contributed by atoms with E-state index in [1.165, 1.54) is 17.7 Å². The van der Waals surface area contributed by atoms with E-state index >= 15 is 0 Å². The quantitative estimate of drug-likeness (QED) is 0.379. The van der Waals surface area contributed by atoms with Crippen LogP contribution in [0.3, 0.4) is 0 Å². The van der Waals surface area contributed by atoms with Crippen LogP contribution in [-0.4, -0.2) is 33.8 Å². The Bertz CT molecular complexity index is 648. The molecule has 0 saturated heterocycles. The van der Waals surface area contributed by atoms with Crippen LogP contribution in [0.15, 0.2) is 22.5 Å². The Kier molecular flexibility index (Phi) is 7.47. The summed E-state index contributed by atoms with van der Waals surface area (Å²) >= 11 is 1.80. The highest BCUT2D eigenvalue weighted by molar-refractivity contribution is 14.0. The predicted octanol–water partition coefficient (Wildman–Crippen LogP) is 2.49. The molecule has 1 aliphatic rings. The molecule has 0 unspecified atom stereocenters. The van der Waals surface area contributed by atoms with Crippen LogP contribution in [0.2, 0.25) is 0 Å². The minimum absolute atomic E-state index is 0. The normalized spacial score (nSPS) is 14.3. The number of thiophene rings is 1. The number of rotatable bonds is 7. The van der Waals surface area contributed by atoms with Gasteiger partial charge in [0, 0.05) is 25.0 Å². The van der Waals surface area contributed by atoms with Gasteiger partial charge in [-0.1, -0.05) is 6.07 Å². The first-order valence-electron chi connectivity index (χ1n) is 8.12. The number of guanidine groups is 1. The van der Waals surface area contributed by atoms with Gasteiger partial charge in [0.25, 0.3) is 0 Å². The average Bonchev–Trinajstić information content (AvgIpc) is 3.14. The van der Waals surface area contributed by atoms with Gasteiger partial charge in [0.1, 0.15) is 12.4 Å². The van der Waals surface area contributed by atoms with Crippen molar-refractivity contribution >= 4 is 41.3 Å². The third kappa shape index (κ3) is 5.73. The molecule has 2 aromatic heterocycles. The van der Waals surface area contributed by atoms with Crippen molar-refractivity contribution in [1.29, 1.82) is 0 Å². The summed E-state index contributed by atoms with van der Waals surface area (Å²) in [6.45, 7) is 4.37. The maximum atomic E-state index is 4.66. The summed E-state index contributed by atoms with van der Waals surface area (Å²) < 4.78 is 1.98. The molecular weight excluding hydrogens is 435 g/mol. The zero-order valence-corrected chi connectivity index (χ0v) is 17.3. The third-order valence-electron chi connectivity index (χ3n) is 4.06.